The Kier molecular flexibility index (Phi) is 4.63. The van der Waals surface area contributed by atoms with E-state index < -0.39 is 6.09 Å². The molecule has 7 nitrogen and oxygen atoms in total. The number of nitrogens with zero attached hydrogens (tertiary/aromatic N) is 2. The fourth-order valence-electron chi connectivity index (χ4n) is 3.42. The number of benzene rings is 2. The number of oxime groups is 1. The van der Waals surface area contributed by atoms with Crippen LogP contribution in [0.3, 0.4) is 0 Å². The Bertz CT molecular complexity index is 1000. The molecule has 0 fully saturated rings. The zero-order valence-electron chi connectivity index (χ0n) is 14.9. The molecule has 0 bridgehead atoms. The van der Waals surface area contributed by atoms with Crippen molar-refractivity contribution in [1.82, 2.24) is 4.98 Å². The van der Waals surface area contributed by atoms with Crippen molar-refractivity contribution in [2.45, 2.75) is 5.92 Å². The molecule has 1 aliphatic rings. The number of aromatic nitrogens is 1. The highest BCUT2D eigenvalue weighted by molar-refractivity contribution is 5.95. The van der Waals surface area contributed by atoms with Crippen LogP contribution >= 0.6 is 0 Å². The molecule has 7 heteroatoms. The van der Waals surface area contributed by atoms with E-state index in [0.29, 0.717) is 11.4 Å². The molecule has 0 saturated carbocycles. The van der Waals surface area contributed by atoms with Crippen LogP contribution < -0.4 is 11.1 Å². The molecule has 0 atom stereocenters. The molecule has 1 aromatic heterocycles. The highest BCUT2D eigenvalue weighted by Crippen LogP contribution is 2.44. The largest absolute Gasteiger partial charge is 0.448 e. The average Bonchev–Trinajstić information content (AvgIpc) is 3.06. The predicted molar refractivity (Wildman–Crippen MR) is 105 cm³/mol. The van der Waals surface area contributed by atoms with E-state index in [1.165, 1.54) is 23.4 Å². The van der Waals surface area contributed by atoms with Crippen LogP contribution in [0.1, 0.15) is 22.7 Å². The van der Waals surface area contributed by atoms with Crippen LogP contribution in [0.25, 0.3) is 11.1 Å². The molecular formula is C21H18N4O3. The summed E-state index contributed by atoms with van der Waals surface area (Å²) < 4.78 is 5.48. The molecule has 0 radical (unpaired) electrons. The minimum atomic E-state index is -0.569. The van der Waals surface area contributed by atoms with Crippen molar-refractivity contribution in [1.29, 1.82) is 0 Å². The smallest absolute Gasteiger partial charge is 0.411 e. The van der Waals surface area contributed by atoms with Gasteiger partial charge in [0.2, 0.25) is 0 Å². The van der Waals surface area contributed by atoms with Crippen LogP contribution in [0.2, 0.25) is 0 Å². The third kappa shape index (κ3) is 3.25. The second kappa shape index (κ2) is 7.40. The van der Waals surface area contributed by atoms with Crippen molar-refractivity contribution in [2.75, 3.05) is 11.9 Å². The Morgan fingerprint density at radius 2 is 1.71 bits per heavy atom. The predicted octanol–water partition coefficient (Wildman–Crippen LogP) is 3.54. The first-order chi connectivity index (χ1) is 13.7. The minimum absolute atomic E-state index is 0.000727. The number of rotatable bonds is 4. The Morgan fingerprint density at radius 1 is 1.07 bits per heavy atom. The first-order valence-corrected chi connectivity index (χ1v) is 8.73. The highest BCUT2D eigenvalue weighted by atomic mass is 16.5. The molecule has 140 valence electrons. The van der Waals surface area contributed by atoms with Gasteiger partial charge in [0.1, 0.15) is 12.3 Å². The van der Waals surface area contributed by atoms with E-state index in [9.17, 15) is 4.79 Å². The standard InChI is InChI=1S/C21H18N4O3/c22-20(25-27)19-10-9-13(11-23-19)24-21(26)28-12-18-16-7-3-1-5-14(16)15-6-2-4-8-17(15)18/h1-11,18,27H,12H2,(H2,22,25)(H,24,26). The summed E-state index contributed by atoms with van der Waals surface area (Å²) in [5.41, 5.74) is 10.9. The van der Waals surface area contributed by atoms with E-state index in [1.54, 1.807) is 6.07 Å². The monoisotopic (exact) mass is 374 g/mol. The number of pyridine rings is 1. The van der Waals surface area contributed by atoms with Crippen LogP contribution in [0, 0.1) is 0 Å². The number of carbonyl (C=O) groups is 1. The lowest BCUT2D eigenvalue weighted by Crippen LogP contribution is -2.19. The molecular weight excluding hydrogens is 356 g/mol. The number of anilines is 1. The Morgan fingerprint density at radius 3 is 2.29 bits per heavy atom. The number of hydrogen-bond donors (Lipinski definition) is 3. The van der Waals surface area contributed by atoms with Gasteiger partial charge in [0.25, 0.3) is 0 Å². The molecule has 0 unspecified atom stereocenters. The van der Waals surface area contributed by atoms with Gasteiger partial charge in [-0.05, 0) is 34.4 Å². The summed E-state index contributed by atoms with van der Waals surface area (Å²) in [5.74, 6) is -0.105. The summed E-state index contributed by atoms with van der Waals surface area (Å²) in [6, 6.07) is 19.4. The molecule has 4 rings (SSSR count). The maximum absolute atomic E-state index is 12.2. The molecule has 1 amide bonds. The van der Waals surface area contributed by atoms with Crippen molar-refractivity contribution < 1.29 is 14.7 Å². The van der Waals surface area contributed by atoms with Gasteiger partial charge >= 0.3 is 6.09 Å². The molecule has 2 aromatic carbocycles. The van der Waals surface area contributed by atoms with Gasteiger partial charge in [0.15, 0.2) is 5.84 Å². The number of nitrogens with two attached hydrogens (primary N) is 1. The fraction of sp³-hybridized carbons (Fsp3) is 0.0952. The lowest BCUT2D eigenvalue weighted by Gasteiger charge is -2.14. The van der Waals surface area contributed by atoms with E-state index in [0.717, 1.165) is 11.1 Å². The van der Waals surface area contributed by atoms with Gasteiger partial charge in [0, 0.05) is 5.92 Å². The van der Waals surface area contributed by atoms with Crippen LogP contribution in [0.4, 0.5) is 10.5 Å². The molecule has 1 heterocycles. The van der Waals surface area contributed by atoms with Crippen LogP contribution in [-0.4, -0.2) is 28.7 Å². The minimum Gasteiger partial charge on any atom is -0.448 e. The van der Waals surface area contributed by atoms with Crippen molar-refractivity contribution >= 4 is 17.6 Å². The number of amidine groups is 1. The van der Waals surface area contributed by atoms with Gasteiger partial charge in [0.05, 0.1) is 11.9 Å². The number of fused-ring (bicyclic) bond motifs is 3. The number of nitrogens with one attached hydrogen (secondary N) is 1. The first kappa shape index (κ1) is 17.5. The third-order valence-corrected chi connectivity index (χ3v) is 4.72. The van der Waals surface area contributed by atoms with Gasteiger partial charge in [-0.15, -0.1) is 0 Å². The number of hydrogen-bond acceptors (Lipinski definition) is 5. The average molecular weight is 374 g/mol. The van der Waals surface area contributed by atoms with Crippen molar-refractivity contribution in [3.63, 3.8) is 0 Å². The van der Waals surface area contributed by atoms with E-state index in [2.05, 4.69) is 39.7 Å². The second-order valence-electron chi connectivity index (χ2n) is 6.37. The molecule has 3 aromatic rings. The summed E-state index contributed by atoms with van der Waals surface area (Å²) in [5, 5.41) is 14.2. The zero-order valence-corrected chi connectivity index (χ0v) is 14.9. The SMILES string of the molecule is NC(=NO)c1ccc(NC(=O)OCC2c3ccccc3-c3ccccc32)cn1. The van der Waals surface area contributed by atoms with Gasteiger partial charge < -0.3 is 15.7 Å². The van der Waals surface area contributed by atoms with Gasteiger partial charge in [-0.1, -0.05) is 53.7 Å². The summed E-state index contributed by atoms with van der Waals surface area (Å²) in [4.78, 5) is 16.2. The Balaban J connectivity index is 1.44. The van der Waals surface area contributed by atoms with Gasteiger partial charge in [-0.3, -0.25) is 10.3 Å². The van der Waals surface area contributed by atoms with E-state index in [-0.39, 0.29) is 18.4 Å². The van der Waals surface area contributed by atoms with Crippen molar-refractivity contribution in [2.24, 2.45) is 10.9 Å². The van der Waals surface area contributed by atoms with Gasteiger partial charge in [-0.25, -0.2) is 4.79 Å². The molecule has 0 saturated heterocycles. The lowest BCUT2D eigenvalue weighted by molar-refractivity contribution is 0.158. The van der Waals surface area contributed by atoms with Crippen LogP contribution in [0.15, 0.2) is 72.0 Å². The lowest BCUT2D eigenvalue weighted by atomic mass is 9.98. The quantitative estimate of drug-likeness (QED) is 0.280. The number of ether oxygens (including phenoxy) is 1. The zero-order chi connectivity index (χ0) is 19.5. The highest BCUT2D eigenvalue weighted by Gasteiger charge is 2.28. The number of carbonyl (C=O) groups excluding carboxylic acids is 1. The fourth-order valence-corrected chi connectivity index (χ4v) is 3.42. The number of amides is 1. The molecule has 0 aliphatic heterocycles. The molecule has 1 aliphatic carbocycles. The third-order valence-electron chi connectivity index (χ3n) is 4.72. The summed E-state index contributed by atoms with van der Waals surface area (Å²) in [7, 11) is 0. The van der Waals surface area contributed by atoms with Gasteiger partial charge in [-0.2, -0.15) is 0 Å². The molecule has 0 spiro atoms. The Labute approximate surface area is 161 Å². The van der Waals surface area contributed by atoms with E-state index in [4.69, 9.17) is 15.7 Å². The first-order valence-electron chi connectivity index (χ1n) is 8.73. The summed E-state index contributed by atoms with van der Waals surface area (Å²) >= 11 is 0. The van der Waals surface area contributed by atoms with Crippen molar-refractivity contribution in [3.05, 3.63) is 83.7 Å². The molecule has 28 heavy (non-hydrogen) atoms. The second-order valence-corrected chi connectivity index (χ2v) is 6.37. The normalized spacial score (nSPS) is 12.9. The topological polar surface area (TPSA) is 110 Å². The van der Waals surface area contributed by atoms with Crippen LogP contribution in [-0.2, 0) is 4.74 Å². The summed E-state index contributed by atoms with van der Waals surface area (Å²) in [6.45, 7) is 0.232. The van der Waals surface area contributed by atoms with Crippen molar-refractivity contribution in [3.8, 4) is 11.1 Å². The van der Waals surface area contributed by atoms with E-state index >= 15 is 0 Å². The Hall–Kier alpha value is -3.87. The molecule has 4 N–H and O–H groups in total. The van der Waals surface area contributed by atoms with Crippen LogP contribution in [0.5, 0.6) is 0 Å². The maximum Gasteiger partial charge on any atom is 0.411 e. The summed E-state index contributed by atoms with van der Waals surface area (Å²) in [6.07, 6.45) is 0.842. The van der Waals surface area contributed by atoms with E-state index in [1.807, 2.05) is 24.3 Å². The maximum atomic E-state index is 12.2.